The van der Waals surface area contributed by atoms with Gasteiger partial charge >= 0.3 is 0 Å². The van der Waals surface area contributed by atoms with E-state index in [0.29, 0.717) is 32.9 Å². The number of aromatic hydroxyl groups is 1. The van der Waals surface area contributed by atoms with Crippen LogP contribution in [0.25, 0.3) is 16.7 Å². The number of fused-ring (bicyclic) bond motifs is 1. The number of hydrogen-bond acceptors (Lipinski definition) is 4. The summed E-state index contributed by atoms with van der Waals surface area (Å²) in [6, 6.07) is 3.39. The Hall–Kier alpha value is -2.73. The molecule has 0 bridgehead atoms. The van der Waals surface area contributed by atoms with Gasteiger partial charge in [0, 0.05) is 17.1 Å². The number of halogens is 1. The molecule has 0 saturated carbocycles. The zero-order chi connectivity index (χ0) is 17.8. The summed E-state index contributed by atoms with van der Waals surface area (Å²) in [4.78, 5) is 16.3. The third kappa shape index (κ3) is 2.11. The molecule has 5 N–H and O–H groups in total. The van der Waals surface area contributed by atoms with Crippen molar-refractivity contribution in [2.75, 3.05) is 5.73 Å². The van der Waals surface area contributed by atoms with Crippen molar-refractivity contribution in [1.29, 1.82) is 0 Å². The first-order chi connectivity index (χ1) is 11.3. The Morgan fingerprint density at radius 3 is 2.54 bits per heavy atom. The number of carbonyl (C=O) groups is 1. The predicted octanol–water partition coefficient (Wildman–Crippen LogP) is 2.99. The van der Waals surface area contributed by atoms with E-state index in [1.165, 1.54) is 6.20 Å². The average molecular weight is 345 g/mol. The average Bonchev–Trinajstić information content (AvgIpc) is 2.81. The summed E-state index contributed by atoms with van der Waals surface area (Å²) in [6.45, 7) is 5.44. The number of pyridine rings is 1. The summed E-state index contributed by atoms with van der Waals surface area (Å²) in [5.41, 5.74) is 15.3. The highest BCUT2D eigenvalue weighted by Gasteiger charge is 2.25. The van der Waals surface area contributed by atoms with E-state index in [1.807, 2.05) is 6.92 Å². The molecular formula is C17H17ClN4O2. The number of nitrogens with zero attached hydrogens (tertiary/aromatic N) is 2. The minimum atomic E-state index is -0.654. The second-order valence-corrected chi connectivity index (χ2v) is 6.17. The molecule has 0 unspecified atom stereocenters. The molecule has 0 atom stereocenters. The molecule has 1 amide bonds. The van der Waals surface area contributed by atoms with E-state index < -0.39 is 5.91 Å². The van der Waals surface area contributed by atoms with Crippen LogP contribution in [0.5, 0.6) is 5.75 Å². The Bertz CT molecular complexity index is 1010. The maximum Gasteiger partial charge on any atom is 0.253 e. The van der Waals surface area contributed by atoms with Gasteiger partial charge < -0.3 is 16.6 Å². The number of nitrogens with two attached hydrogens (primary N) is 2. The Kier molecular flexibility index (Phi) is 3.64. The molecule has 0 radical (unpaired) electrons. The Morgan fingerprint density at radius 1 is 1.25 bits per heavy atom. The summed E-state index contributed by atoms with van der Waals surface area (Å²) >= 11 is 6.16. The van der Waals surface area contributed by atoms with E-state index in [0.717, 1.165) is 5.56 Å². The van der Waals surface area contributed by atoms with Crippen LogP contribution in [0.3, 0.4) is 0 Å². The van der Waals surface area contributed by atoms with Crippen molar-refractivity contribution < 1.29 is 9.90 Å². The van der Waals surface area contributed by atoms with Gasteiger partial charge in [-0.25, -0.2) is 4.98 Å². The van der Waals surface area contributed by atoms with Gasteiger partial charge in [0.2, 0.25) is 0 Å². The van der Waals surface area contributed by atoms with Crippen molar-refractivity contribution in [3.8, 4) is 11.4 Å². The molecule has 2 heterocycles. The minimum Gasteiger partial charge on any atom is -0.508 e. The van der Waals surface area contributed by atoms with Gasteiger partial charge in [0.15, 0.2) is 0 Å². The van der Waals surface area contributed by atoms with Gasteiger partial charge in [0.05, 0.1) is 16.3 Å². The van der Waals surface area contributed by atoms with Crippen molar-refractivity contribution in [2.45, 2.75) is 20.8 Å². The highest BCUT2D eigenvalue weighted by molar-refractivity contribution is 6.32. The van der Waals surface area contributed by atoms with Crippen LogP contribution in [0.15, 0.2) is 18.3 Å². The number of aromatic nitrogens is 2. The highest BCUT2D eigenvalue weighted by atomic mass is 35.5. The molecule has 0 saturated heterocycles. The van der Waals surface area contributed by atoms with Gasteiger partial charge in [-0.05, 0) is 38.0 Å². The van der Waals surface area contributed by atoms with Crippen LogP contribution in [0.2, 0.25) is 5.02 Å². The predicted molar refractivity (Wildman–Crippen MR) is 94.9 cm³/mol. The third-order valence-corrected chi connectivity index (χ3v) is 4.67. The largest absolute Gasteiger partial charge is 0.508 e. The fourth-order valence-corrected chi connectivity index (χ4v) is 3.18. The van der Waals surface area contributed by atoms with Crippen LogP contribution in [0, 0.1) is 20.8 Å². The second-order valence-electron chi connectivity index (χ2n) is 5.76. The number of benzene rings is 1. The number of primary amides is 1. The molecule has 3 aromatic rings. The lowest BCUT2D eigenvalue weighted by molar-refractivity contribution is 0.100. The fourth-order valence-electron chi connectivity index (χ4n) is 3.03. The van der Waals surface area contributed by atoms with Crippen LogP contribution >= 0.6 is 11.6 Å². The number of anilines is 1. The zero-order valence-corrected chi connectivity index (χ0v) is 14.3. The van der Waals surface area contributed by atoms with Crippen LogP contribution < -0.4 is 11.5 Å². The molecule has 24 heavy (non-hydrogen) atoms. The SMILES string of the molecule is Cc1ccc(O)c(C)c1-n1c(N)c(C(N)=O)c2c(C)c(Cl)cnc21. The zero-order valence-electron chi connectivity index (χ0n) is 13.5. The van der Waals surface area contributed by atoms with E-state index in [-0.39, 0.29) is 17.1 Å². The first-order valence-electron chi connectivity index (χ1n) is 7.30. The summed E-state index contributed by atoms with van der Waals surface area (Å²) in [6.07, 6.45) is 1.51. The quantitative estimate of drug-likeness (QED) is 0.664. The molecule has 0 fully saturated rings. The van der Waals surface area contributed by atoms with Crippen LogP contribution in [0.1, 0.15) is 27.0 Å². The number of phenolic OH excluding ortho intramolecular Hbond substituents is 1. The maximum atomic E-state index is 12.0. The standard InChI is InChI=1S/C17H17ClN4O2/c1-7-4-5-11(23)9(3)14(7)22-15(19)13(16(20)24)12-8(2)10(18)6-21-17(12)22/h4-6,23H,19H2,1-3H3,(H2,20,24). The molecule has 7 heteroatoms. The van der Waals surface area contributed by atoms with Gasteiger partial charge in [-0.1, -0.05) is 17.7 Å². The fraction of sp³-hybridized carbons (Fsp3) is 0.176. The third-order valence-electron chi connectivity index (χ3n) is 4.29. The van der Waals surface area contributed by atoms with Gasteiger partial charge in [0.1, 0.15) is 17.2 Å². The molecule has 1 aromatic carbocycles. The van der Waals surface area contributed by atoms with Gasteiger partial charge in [-0.3, -0.25) is 9.36 Å². The lowest BCUT2D eigenvalue weighted by Crippen LogP contribution is -2.14. The van der Waals surface area contributed by atoms with Gasteiger partial charge in [0.25, 0.3) is 5.91 Å². The number of carbonyl (C=O) groups excluding carboxylic acids is 1. The van der Waals surface area contributed by atoms with Crippen LogP contribution in [-0.4, -0.2) is 20.6 Å². The Balaban J connectivity index is 2.57. The molecule has 0 spiro atoms. The molecule has 0 aliphatic heterocycles. The molecule has 124 valence electrons. The lowest BCUT2D eigenvalue weighted by atomic mass is 10.1. The normalized spacial score (nSPS) is 11.2. The monoisotopic (exact) mass is 344 g/mol. The number of amides is 1. The van der Waals surface area contributed by atoms with E-state index in [4.69, 9.17) is 23.1 Å². The van der Waals surface area contributed by atoms with Crippen molar-refractivity contribution in [3.63, 3.8) is 0 Å². The number of hydrogen-bond donors (Lipinski definition) is 3. The highest BCUT2D eigenvalue weighted by Crippen LogP contribution is 2.37. The Labute approximate surface area is 143 Å². The molecule has 6 nitrogen and oxygen atoms in total. The smallest absolute Gasteiger partial charge is 0.253 e. The van der Waals surface area contributed by atoms with Gasteiger partial charge in [-0.2, -0.15) is 0 Å². The van der Waals surface area contributed by atoms with Crippen molar-refractivity contribution >= 4 is 34.4 Å². The summed E-state index contributed by atoms with van der Waals surface area (Å²) in [5, 5.41) is 11.0. The summed E-state index contributed by atoms with van der Waals surface area (Å²) in [5.74, 6) is -0.353. The molecule has 3 rings (SSSR count). The van der Waals surface area contributed by atoms with E-state index in [9.17, 15) is 9.90 Å². The van der Waals surface area contributed by atoms with Crippen molar-refractivity contribution in [1.82, 2.24) is 9.55 Å². The molecular weight excluding hydrogens is 328 g/mol. The van der Waals surface area contributed by atoms with Crippen LogP contribution in [-0.2, 0) is 0 Å². The number of phenols is 1. The topological polar surface area (TPSA) is 107 Å². The number of rotatable bonds is 2. The van der Waals surface area contributed by atoms with E-state index >= 15 is 0 Å². The van der Waals surface area contributed by atoms with E-state index in [2.05, 4.69) is 4.98 Å². The van der Waals surface area contributed by atoms with Gasteiger partial charge in [-0.15, -0.1) is 0 Å². The molecule has 0 aliphatic rings. The second kappa shape index (κ2) is 5.42. The van der Waals surface area contributed by atoms with E-state index in [1.54, 1.807) is 30.5 Å². The Morgan fingerprint density at radius 2 is 1.92 bits per heavy atom. The first kappa shape index (κ1) is 16.1. The van der Waals surface area contributed by atoms with Crippen molar-refractivity contribution in [3.05, 3.63) is 45.6 Å². The lowest BCUT2D eigenvalue weighted by Gasteiger charge is -2.15. The molecule has 2 aromatic heterocycles. The van der Waals surface area contributed by atoms with Crippen molar-refractivity contribution in [2.24, 2.45) is 5.73 Å². The number of aryl methyl sites for hydroxylation is 2. The maximum absolute atomic E-state index is 12.0. The summed E-state index contributed by atoms with van der Waals surface area (Å²) in [7, 11) is 0. The minimum absolute atomic E-state index is 0.128. The van der Waals surface area contributed by atoms with Crippen LogP contribution in [0.4, 0.5) is 5.82 Å². The number of nitrogen functional groups attached to an aromatic ring is 1. The summed E-state index contributed by atoms with van der Waals surface area (Å²) < 4.78 is 1.64. The first-order valence-corrected chi connectivity index (χ1v) is 7.67. The molecule has 0 aliphatic carbocycles.